The third-order valence-corrected chi connectivity index (χ3v) is 4.04. The third-order valence-electron chi connectivity index (χ3n) is 3.55. The summed E-state index contributed by atoms with van der Waals surface area (Å²) in [7, 11) is 2.13. The van der Waals surface area contributed by atoms with Crippen LogP contribution in [0.3, 0.4) is 0 Å². The molecule has 1 aliphatic heterocycles. The number of carbonyl (C=O) groups is 1. The largest absolute Gasteiger partial charge is 0.306 e. The molecule has 0 amide bonds. The second-order valence-electron chi connectivity index (χ2n) is 4.88. The first kappa shape index (κ1) is 12.8. The second kappa shape index (κ2) is 5.78. The van der Waals surface area contributed by atoms with Gasteiger partial charge in [-0.2, -0.15) is 0 Å². The Morgan fingerprint density at radius 2 is 2.35 bits per heavy atom. The van der Waals surface area contributed by atoms with E-state index in [1.807, 2.05) is 12.1 Å². The van der Waals surface area contributed by atoms with Crippen molar-refractivity contribution in [2.45, 2.75) is 18.8 Å². The van der Waals surface area contributed by atoms with Gasteiger partial charge in [-0.1, -0.05) is 28.1 Å². The topological polar surface area (TPSA) is 20.3 Å². The first-order valence-corrected chi connectivity index (χ1v) is 6.89. The fourth-order valence-corrected chi connectivity index (χ4v) is 3.09. The first-order valence-electron chi connectivity index (χ1n) is 6.10. The Hall–Kier alpha value is -0.670. The minimum Gasteiger partial charge on any atom is -0.306 e. The monoisotopic (exact) mass is 295 g/mol. The lowest BCUT2D eigenvalue weighted by Gasteiger charge is -2.33. The van der Waals surface area contributed by atoms with E-state index >= 15 is 0 Å². The van der Waals surface area contributed by atoms with Crippen molar-refractivity contribution in [3.05, 3.63) is 34.3 Å². The van der Waals surface area contributed by atoms with Gasteiger partial charge in [0, 0.05) is 16.9 Å². The summed E-state index contributed by atoms with van der Waals surface area (Å²) in [6.45, 7) is 2.18. The van der Waals surface area contributed by atoms with Crippen molar-refractivity contribution in [3.8, 4) is 0 Å². The van der Waals surface area contributed by atoms with Crippen LogP contribution < -0.4 is 0 Å². The molecular formula is C14H18BrNO. The van der Waals surface area contributed by atoms with Crippen molar-refractivity contribution in [1.82, 2.24) is 4.90 Å². The van der Waals surface area contributed by atoms with Crippen LogP contribution in [0.4, 0.5) is 0 Å². The smallest absolute Gasteiger partial charge is 0.127 e. The van der Waals surface area contributed by atoms with Crippen LogP contribution in [-0.4, -0.2) is 31.3 Å². The minimum atomic E-state index is 0.0373. The highest BCUT2D eigenvalue weighted by Gasteiger charge is 2.26. The number of hydrogen-bond acceptors (Lipinski definition) is 2. The molecule has 3 heteroatoms. The number of benzene rings is 1. The van der Waals surface area contributed by atoms with Gasteiger partial charge in [0.2, 0.25) is 0 Å². The number of nitrogens with zero attached hydrogens (tertiary/aromatic N) is 1. The van der Waals surface area contributed by atoms with Crippen LogP contribution in [-0.2, 0) is 4.79 Å². The fraction of sp³-hybridized carbons (Fsp3) is 0.500. The Kier molecular flexibility index (Phi) is 4.35. The zero-order valence-electron chi connectivity index (χ0n) is 10.1. The zero-order valence-corrected chi connectivity index (χ0v) is 11.7. The van der Waals surface area contributed by atoms with Gasteiger partial charge in [-0.3, -0.25) is 0 Å². The number of piperidine rings is 1. The molecule has 2 rings (SSSR count). The van der Waals surface area contributed by atoms with Crippen LogP contribution in [0.1, 0.15) is 24.3 Å². The van der Waals surface area contributed by atoms with E-state index < -0.39 is 0 Å². The number of carbonyl (C=O) groups excluding carboxylic acids is 1. The van der Waals surface area contributed by atoms with Gasteiger partial charge in [0.1, 0.15) is 6.29 Å². The summed E-state index contributed by atoms with van der Waals surface area (Å²) in [5.41, 5.74) is 1.13. The Bertz CT molecular complexity index is 394. The molecule has 1 fully saturated rings. The third kappa shape index (κ3) is 3.17. The average Bonchev–Trinajstić information content (AvgIpc) is 2.30. The van der Waals surface area contributed by atoms with Crippen LogP contribution in [0.15, 0.2) is 28.7 Å². The van der Waals surface area contributed by atoms with Crippen molar-refractivity contribution < 1.29 is 4.79 Å². The molecule has 0 aromatic heterocycles. The SMILES string of the molecule is CN1CCCC(C(C=O)c2cccc(Br)c2)C1. The summed E-state index contributed by atoms with van der Waals surface area (Å²) in [4.78, 5) is 13.7. The normalized spacial score (nSPS) is 23.3. The van der Waals surface area contributed by atoms with E-state index in [-0.39, 0.29) is 5.92 Å². The van der Waals surface area contributed by atoms with E-state index in [0.717, 1.165) is 35.8 Å². The number of likely N-dealkylation sites (tertiary alicyclic amines) is 1. The van der Waals surface area contributed by atoms with Crippen LogP contribution in [0.2, 0.25) is 0 Å². The fourth-order valence-electron chi connectivity index (χ4n) is 2.68. The molecule has 0 N–H and O–H groups in total. The molecule has 1 aliphatic rings. The first-order chi connectivity index (χ1) is 8.20. The second-order valence-corrected chi connectivity index (χ2v) is 5.80. The molecule has 2 atom stereocenters. The summed E-state index contributed by atoms with van der Waals surface area (Å²) >= 11 is 3.47. The molecule has 0 aliphatic carbocycles. The molecule has 0 saturated carbocycles. The summed E-state index contributed by atoms with van der Waals surface area (Å²) in [5.74, 6) is 0.496. The Morgan fingerprint density at radius 1 is 1.53 bits per heavy atom. The van der Waals surface area contributed by atoms with E-state index in [1.165, 1.54) is 6.42 Å². The maximum absolute atomic E-state index is 11.4. The van der Waals surface area contributed by atoms with Crippen LogP contribution in [0, 0.1) is 5.92 Å². The number of aldehydes is 1. The molecule has 2 nitrogen and oxygen atoms in total. The molecule has 0 radical (unpaired) electrons. The number of hydrogen-bond donors (Lipinski definition) is 0. The van der Waals surface area contributed by atoms with Gasteiger partial charge >= 0.3 is 0 Å². The predicted molar refractivity (Wildman–Crippen MR) is 73.2 cm³/mol. The van der Waals surface area contributed by atoms with Gasteiger partial charge < -0.3 is 9.69 Å². The van der Waals surface area contributed by atoms with Crippen molar-refractivity contribution in [2.75, 3.05) is 20.1 Å². The van der Waals surface area contributed by atoms with Crippen LogP contribution in [0.25, 0.3) is 0 Å². The van der Waals surface area contributed by atoms with E-state index in [9.17, 15) is 4.79 Å². The van der Waals surface area contributed by atoms with Gasteiger partial charge in [-0.25, -0.2) is 0 Å². The van der Waals surface area contributed by atoms with Gasteiger partial charge in [0.05, 0.1) is 0 Å². The van der Waals surface area contributed by atoms with Crippen LogP contribution in [0.5, 0.6) is 0 Å². The van der Waals surface area contributed by atoms with Crippen molar-refractivity contribution in [2.24, 2.45) is 5.92 Å². The van der Waals surface area contributed by atoms with Crippen molar-refractivity contribution >= 4 is 22.2 Å². The molecule has 1 aromatic rings. The van der Waals surface area contributed by atoms with Gasteiger partial charge in [0.15, 0.2) is 0 Å². The van der Waals surface area contributed by atoms with Gasteiger partial charge in [-0.05, 0) is 50.0 Å². The minimum absolute atomic E-state index is 0.0373. The highest BCUT2D eigenvalue weighted by molar-refractivity contribution is 9.10. The number of halogens is 1. The van der Waals surface area contributed by atoms with Crippen molar-refractivity contribution in [3.63, 3.8) is 0 Å². The summed E-state index contributed by atoms with van der Waals surface area (Å²) in [5, 5.41) is 0. The molecule has 1 saturated heterocycles. The lowest BCUT2D eigenvalue weighted by Crippen LogP contribution is -2.35. The number of rotatable bonds is 3. The van der Waals surface area contributed by atoms with E-state index in [4.69, 9.17) is 0 Å². The van der Waals surface area contributed by atoms with E-state index in [2.05, 4.69) is 40.0 Å². The molecule has 0 spiro atoms. The Labute approximate surface area is 111 Å². The zero-order chi connectivity index (χ0) is 12.3. The Balaban J connectivity index is 2.18. The molecule has 17 heavy (non-hydrogen) atoms. The maximum atomic E-state index is 11.4. The standard InChI is InChI=1S/C14H18BrNO/c1-16-7-3-5-12(9-16)14(10-17)11-4-2-6-13(15)8-11/h2,4,6,8,10,12,14H,3,5,7,9H2,1H3. The summed E-state index contributed by atoms with van der Waals surface area (Å²) < 4.78 is 1.05. The highest BCUT2D eigenvalue weighted by atomic mass is 79.9. The molecule has 1 heterocycles. The average molecular weight is 296 g/mol. The quantitative estimate of drug-likeness (QED) is 0.799. The predicted octanol–water partition coefficient (Wildman–Crippen LogP) is 3.07. The molecule has 92 valence electrons. The lowest BCUT2D eigenvalue weighted by atomic mass is 9.82. The van der Waals surface area contributed by atoms with Gasteiger partial charge in [0.25, 0.3) is 0 Å². The molecule has 1 aromatic carbocycles. The Morgan fingerprint density at radius 3 is 3.00 bits per heavy atom. The molecule has 0 bridgehead atoms. The van der Waals surface area contributed by atoms with E-state index in [0.29, 0.717) is 5.92 Å². The summed E-state index contributed by atoms with van der Waals surface area (Å²) in [6.07, 6.45) is 3.46. The van der Waals surface area contributed by atoms with Gasteiger partial charge in [-0.15, -0.1) is 0 Å². The lowest BCUT2D eigenvalue weighted by molar-refractivity contribution is -0.110. The van der Waals surface area contributed by atoms with Crippen molar-refractivity contribution in [1.29, 1.82) is 0 Å². The molecular weight excluding hydrogens is 278 g/mol. The maximum Gasteiger partial charge on any atom is 0.127 e. The van der Waals surface area contributed by atoms with Crippen LogP contribution >= 0.6 is 15.9 Å². The molecule has 2 unspecified atom stereocenters. The summed E-state index contributed by atoms with van der Waals surface area (Å²) in [6, 6.07) is 8.12. The highest BCUT2D eigenvalue weighted by Crippen LogP contribution is 2.31. The van der Waals surface area contributed by atoms with E-state index in [1.54, 1.807) is 0 Å².